The second kappa shape index (κ2) is 6.93. The molecule has 0 atom stereocenters. The van der Waals surface area contributed by atoms with Gasteiger partial charge in [-0.1, -0.05) is 17.7 Å². The largest absolute Gasteiger partial charge is 0.481 e. The van der Waals surface area contributed by atoms with Crippen LogP contribution in [-0.2, 0) is 4.79 Å². The Labute approximate surface area is 119 Å². The lowest BCUT2D eigenvalue weighted by Crippen LogP contribution is -2.41. The van der Waals surface area contributed by atoms with Crippen molar-refractivity contribution in [1.29, 1.82) is 0 Å². The van der Waals surface area contributed by atoms with Gasteiger partial charge in [0.15, 0.2) is 0 Å². The summed E-state index contributed by atoms with van der Waals surface area (Å²) in [5.74, 6) is -0.907. The van der Waals surface area contributed by atoms with Gasteiger partial charge in [-0.2, -0.15) is 0 Å². The highest BCUT2D eigenvalue weighted by Crippen LogP contribution is 2.17. The number of carbonyl (C=O) groups excluding carboxylic acids is 1. The molecule has 5 nitrogen and oxygen atoms in total. The fourth-order valence-corrected chi connectivity index (χ4v) is 1.95. The minimum Gasteiger partial charge on any atom is -0.481 e. The number of aliphatic carboxylic acids is 1. The van der Waals surface area contributed by atoms with Crippen molar-refractivity contribution in [2.24, 2.45) is 0 Å². The van der Waals surface area contributed by atoms with E-state index in [0.717, 1.165) is 16.8 Å². The fraction of sp³-hybridized carbons (Fsp3) is 0.467. The van der Waals surface area contributed by atoms with E-state index >= 15 is 0 Å². The Bertz CT molecular complexity index is 498. The zero-order valence-corrected chi connectivity index (χ0v) is 12.4. The second-order valence-electron chi connectivity index (χ2n) is 5.18. The highest BCUT2D eigenvalue weighted by atomic mass is 16.4. The lowest BCUT2D eigenvalue weighted by Gasteiger charge is -2.26. The molecule has 0 aromatic heterocycles. The molecule has 110 valence electrons. The summed E-state index contributed by atoms with van der Waals surface area (Å²) >= 11 is 0. The first kappa shape index (κ1) is 16.0. The van der Waals surface area contributed by atoms with Gasteiger partial charge in [0.25, 0.3) is 0 Å². The van der Waals surface area contributed by atoms with E-state index in [4.69, 9.17) is 5.11 Å². The Hall–Kier alpha value is -2.04. The summed E-state index contributed by atoms with van der Waals surface area (Å²) in [6, 6.07) is 5.46. The highest BCUT2D eigenvalue weighted by molar-refractivity contribution is 5.90. The molecule has 0 aliphatic rings. The quantitative estimate of drug-likeness (QED) is 0.869. The van der Waals surface area contributed by atoms with E-state index in [-0.39, 0.29) is 25.0 Å². The number of nitrogens with one attached hydrogen (secondary N) is 1. The first-order valence-electron chi connectivity index (χ1n) is 6.68. The summed E-state index contributed by atoms with van der Waals surface area (Å²) in [6.45, 7) is 7.85. The Morgan fingerprint density at radius 2 is 1.95 bits per heavy atom. The fourth-order valence-electron chi connectivity index (χ4n) is 1.95. The number of carboxylic acids is 1. The molecule has 2 amide bonds. The molecule has 1 aromatic carbocycles. The number of carbonyl (C=O) groups is 2. The van der Waals surface area contributed by atoms with Crippen molar-refractivity contribution < 1.29 is 14.7 Å². The maximum atomic E-state index is 12.2. The van der Waals surface area contributed by atoms with E-state index in [0.29, 0.717) is 0 Å². The van der Waals surface area contributed by atoms with Gasteiger partial charge in [0.05, 0.1) is 6.42 Å². The summed E-state index contributed by atoms with van der Waals surface area (Å²) in [4.78, 5) is 24.4. The molecule has 1 aromatic rings. The number of hydrogen-bond donors (Lipinski definition) is 2. The molecule has 0 unspecified atom stereocenters. The van der Waals surface area contributed by atoms with Gasteiger partial charge in [-0.15, -0.1) is 0 Å². The average Bonchev–Trinajstić information content (AvgIpc) is 2.32. The summed E-state index contributed by atoms with van der Waals surface area (Å²) in [5.41, 5.74) is 2.87. The average molecular weight is 278 g/mol. The molecule has 1 rings (SSSR count). The molecule has 0 fully saturated rings. The van der Waals surface area contributed by atoms with Gasteiger partial charge in [0, 0.05) is 18.3 Å². The zero-order chi connectivity index (χ0) is 15.3. The van der Waals surface area contributed by atoms with Crippen LogP contribution in [0, 0.1) is 13.8 Å². The van der Waals surface area contributed by atoms with Gasteiger partial charge >= 0.3 is 12.0 Å². The predicted octanol–water partition coefficient (Wildman–Crippen LogP) is 3.02. The molecular formula is C15H22N2O3. The van der Waals surface area contributed by atoms with Crippen LogP contribution in [0.1, 0.15) is 31.4 Å². The molecule has 2 N–H and O–H groups in total. The molecule has 0 saturated carbocycles. The van der Waals surface area contributed by atoms with Crippen LogP contribution in [0.15, 0.2) is 18.2 Å². The molecule has 0 aliphatic heterocycles. The number of rotatable bonds is 5. The van der Waals surface area contributed by atoms with Gasteiger partial charge in [-0.25, -0.2) is 4.79 Å². The van der Waals surface area contributed by atoms with E-state index in [1.807, 2.05) is 45.9 Å². The minimum atomic E-state index is -0.907. The molecule has 20 heavy (non-hydrogen) atoms. The van der Waals surface area contributed by atoms with Crippen LogP contribution < -0.4 is 5.32 Å². The third-order valence-electron chi connectivity index (χ3n) is 3.07. The summed E-state index contributed by atoms with van der Waals surface area (Å²) in [5, 5.41) is 11.6. The van der Waals surface area contributed by atoms with Crippen molar-refractivity contribution in [3.63, 3.8) is 0 Å². The lowest BCUT2D eigenvalue weighted by atomic mass is 10.1. The molecule has 0 bridgehead atoms. The molecule has 0 saturated heterocycles. The van der Waals surface area contributed by atoms with Crippen molar-refractivity contribution in [3.8, 4) is 0 Å². The molecular weight excluding hydrogens is 256 g/mol. The minimum absolute atomic E-state index is 0.0555. The van der Waals surface area contributed by atoms with Gasteiger partial charge < -0.3 is 15.3 Å². The second-order valence-corrected chi connectivity index (χ2v) is 5.18. The number of aryl methyl sites for hydroxylation is 2. The Morgan fingerprint density at radius 3 is 2.45 bits per heavy atom. The maximum Gasteiger partial charge on any atom is 0.322 e. The third kappa shape index (κ3) is 4.57. The Morgan fingerprint density at radius 1 is 1.30 bits per heavy atom. The van der Waals surface area contributed by atoms with E-state index in [2.05, 4.69) is 5.32 Å². The molecule has 5 heteroatoms. The lowest BCUT2D eigenvalue weighted by molar-refractivity contribution is -0.137. The first-order chi connectivity index (χ1) is 9.31. The van der Waals surface area contributed by atoms with Crippen molar-refractivity contribution in [3.05, 3.63) is 29.3 Å². The first-order valence-corrected chi connectivity index (χ1v) is 6.68. The Balaban J connectivity index is 2.77. The number of nitrogens with zero attached hydrogens (tertiary/aromatic N) is 1. The van der Waals surface area contributed by atoms with Crippen LogP contribution in [-0.4, -0.2) is 34.6 Å². The number of carboxylic acid groups (broad SMARTS) is 1. The van der Waals surface area contributed by atoms with Crippen LogP contribution in [0.3, 0.4) is 0 Å². The van der Waals surface area contributed by atoms with Crippen molar-refractivity contribution >= 4 is 17.7 Å². The topological polar surface area (TPSA) is 69.6 Å². The van der Waals surface area contributed by atoms with Crippen molar-refractivity contribution in [2.45, 2.75) is 40.2 Å². The van der Waals surface area contributed by atoms with Gasteiger partial charge in [-0.3, -0.25) is 4.79 Å². The number of hydrogen-bond acceptors (Lipinski definition) is 2. The van der Waals surface area contributed by atoms with Crippen LogP contribution in [0.5, 0.6) is 0 Å². The number of anilines is 1. The van der Waals surface area contributed by atoms with Gasteiger partial charge in [0.2, 0.25) is 0 Å². The van der Waals surface area contributed by atoms with Crippen LogP contribution >= 0.6 is 0 Å². The monoisotopic (exact) mass is 278 g/mol. The number of amides is 2. The van der Waals surface area contributed by atoms with Gasteiger partial charge in [0.1, 0.15) is 0 Å². The summed E-state index contributed by atoms with van der Waals surface area (Å²) in [6.07, 6.45) is -0.0571. The smallest absolute Gasteiger partial charge is 0.322 e. The molecule has 0 heterocycles. The molecule has 0 aliphatic carbocycles. The van der Waals surface area contributed by atoms with E-state index in [1.165, 1.54) is 4.90 Å². The maximum absolute atomic E-state index is 12.2. The van der Waals surface area contributed by atoms with Crippen LogP contribution in [0.2, 0.25) is 0 Å². The van der Waals surface area contributed by atoms with E-state index in [1.54, 1.807) is 0 Å². The summed E-state index contributed by atoms with van der Waals surface area (Å²) < 4.78 is 0. The zero-order valence-electron chi connectivity index (χ0n) is 12.4. The standard InChI is InChI=1S/C15H22N2O3/c1-10(2)17(8-7-14(18)19)15(20)16-13-6-5-11(3)9-12(13)4/h5-6,9-10H,7-8H2,1-4H3,(H,16,20)(H,18,19). The van der Waals surface area contributed by atoms with Crippen LogP contribution in [0.25, 0.3) is 0 Å². The summed E-state index contributed by atoms with van der Waals surface area (Å²) in [7, 11) is 0. The SMILES string of the molecule is Cc1ccc(NC(=O)N(CCC(=O)O)C(C)C)c(C)c1. The Kier molecular flexibility index (Phi) is 5.55. The van der Waals surface area contributed by atoms with Gasteiger partial charge in [-0.05, 0) is 39.3 Å². The van der Waals surface area contributed by atoms with Crippen LogP contribution in [0.4, 0.5) is 10.5 Å². The molecule has 0 radical (unpaired) electrons. The van der Waals surface area contributed by atoms with E-state index in [9.17, 15) is 9.59 Å². The molecule has 0 spiro atoms. The predicted molar refractivity (Wildman–Crippen MR) is 79.0 cm³/mol. The number of benzene rings is 1. The third-order valence-corrected chi connectivity index (χ3v) is 3.07. The highest BCUT2D eigenvalue weighted by Gasteiger charge is 2.18. The number of urea groups is 1. The normalized spacial score (nSPS) is 10.4. The van der Waals surface area contributed by atoms with Crippen molar-refractivity contribution in [1.82, 2.24) is 4.90 Å². The van der Waals surface area contributed by atoms with E-state index < -0.39 is 5.97 Å². The van der Waals surface area contributed by atoms with Crippen molar-refractivity contribution in [2.75, 3.05) is 11.9 Å².